The maximum absolute atomic E-state index is 12.3. The molecule has 0 fully saturated rings. The van der Waals surface area contributed by atoms with Gasteiger partial charge in [-0.1, -0.05) is 19.9 Å². The highest BCUT2D eigenvalue weighted by atomic mass is 16.1. The van der Waals surface area contributed by atoms with Gasteiger partial charge in [0.05, 0.1) is 0 Å². The number of aromatic nitrogens is 1. The average molecular weight is 297 g/mol. The molecular weight excluding hydrogens is 274 g/mol. The number of benzene rings is 1. The number of carbonyl (C=O) groups excluding carboxylic acids is 1. The first-order chi connectivity index (χ1) is 10.4. The van der Waals surface area contributed by atoms with Gasteiger partial charge in [-0.15, -0.1) is 0 Å². The van der Waals surface area contributed by atoms with Gasteiger partial charge in [-0.05, 0) is 55.2 Å². The predicted octanol–water partition coefficient (Wildman–Crippen LogP) is 4.02. The van der Waals surface area contributed by atoms with Crippen molar-refractivity contribution in [3.05, 3.63) is 53.3 Å². The first-order valence-electron chi connectivity index (χ1n) is 7.53. The molecule has 2 N–H and O–H groups in total. The molecule has 116 valence electrons. The van der Waals surface area contributed by atoms with Gasteiger partial charge in [-0.2, -0.15) is 0 Å². The van der Waals surface area contributed by atoms with Crippen molar-refractivity contribution in [2.75, 3.05) is 17.2 Å². The fraction of sp³-hybridized carbons (Fsp3) is 0.333. The average Bonchev–Trinajstić information content (AvgIpc) is 2.44. The molecule has 2 rings (SSSR count). The Labute approximate surface area is 132 Å². The Hall–Kier alpha value is -2.36. The van der Waals surface area contributed by atoms with Gasteiger partial charge < -0.3 is 10.6 Å². The molecule has 0 unspecified atom stereocenters. The molecule has 1 aromatic carbocycles. The van der Waals surface area contributed by atoms with E-state index in [4.69, 9.17) is 0 Å². The maximum Gasteiger partial charge on any atom is 0.274 e. The highest BCUT2D eigenvalue weighted by Gasteiger charge is 2.09. The monoisotopic (exact) mass is 297 g/mol. The van der Waals surface area contributed by atoms with Gasteiger partial charge in [0.25, 0.3) is 5.91 Å². The summed E-state index contributed by atoms with van der Waals surface area (Å²) in [7, 11) is 0. The van der Waals surface area contributed by atoms with Crippen molar-refractivity contribution < 1.29 is 4.79 Å². The topological polar surface area (TPSA) is 54.0 Å². The van der Waals surface area contributed by atoms with Crippen molar-refractivity contribution in [1.29, 1.82) is 0 Å². The minimum absolute atomic E-state index is 0.196. The predicted molar refractivity (Wildman–Crippen MR) is 91.4 cm³/mol. The van der Waals surface area contributed by atoms with Crippen LogP contribution in [0, 0.1) is 19.8 Å². The number of hydrogen-bond donors (Lipinski definition) is 2. The first-order valence-corrected chi connectivity index (χ1v) is 7.53. The zero-order valence-electron chi connectivity index (χ0n) is 13.6. The molecule has 0 aliphatic carbocycles. The van der Waals surface area contributed by atoms with Crippen LogP contribution < -0.4 is 10.6 Å². The van der Waals surface area contributed by atoms with Crippen LogP contribution in [0.25, 0.3) is 0 Å². The van der Waals surface area contributed by atoms with E-state index in [0.29, 0.717) is 11.6 Å². The van der Waals surface area contributed by atoms with E-state index >= 15 is 0 Å². The Balaban J connectivity index is 2.10. The molecule has 4 heteroatoms. The Morgan fingerprint density at radius 3 is 2.41 bits per heavy atom. The summed E-state index contributed by atoms with van der Waals surface area (Å²) in [6, 6.07) is 9.62. The summed E-state index contributed by atoms with van der Waals surface area (Å²) >= 11 is 0. The molecule has 2 aromatic rings. The summed E-state index contributed by atoms with van der Waals surface area (Å²) < 4.78 is 0. The SMILES string of the molecule is Cc1cc(C)cc(NC(=O)c2cc(NCC(C)C)ccn2)c1. The molecule has 0 atom stereocenters. The van der Waals surface area contributed by atoms with Crippen molar-refractivity contribution in [2.45, 2.75) is 27.7 Å². The molecule has 0 bridgehead atoms. The van der Waals surface area contributed by atoms with E-state index in [2.05, 4.69) is 35.5 Å². The summed E-state index contributed by atoms with van der Waals surface area (Å²) in [6.45, 7) is 9.17. The number of hydrogen-bond acceptors (Lipinski definition) is 3. The molecule has 0 spiro atoms. The van der Waals surface area contributed by atoms with Crippen LogP contribution in [0.1, 0.15) is 35.5 Å². The van der Waals surface area contributed by atoms with Gasteiger partial charge >= 0.3 is 0 Å². The van der Waals surface area contributed by atoms with Gasteiger partial charge in [-0.3, -0.25) is 9.78 Å². The van der Waals surface area contributed by atoms with Gasteiger partial charge in [0.1, 0.15) is 5.69 Å². The van der Waals surface area contributed by atoms with E-state index in [1.165, 1.54) is 0 Å². The van der Waals surface area contributed by atoms with E-state index in [1.54, 1.807) is 12.3 Å². The molecule has 4 nitrogen and oxygen atoms in total. The van der Waals surface area contributed by atoms with Gasteiger partial charge in [0.2, 0.25) is 0 Å². The molecule has 0 saturated carbocycles. The Kier molecular flexibility index (Phi) is 5.15. The van der Waals surface area contributed by atoms with Gasteiger partial charge in [0, 0.05) is 24.1 Å². The number of rotatable bonds is 5. The number of nitrogens with zero attached hydrogens (tertiary/aromatic N) is 1. The van der Waals surface area contributed by atoms with Crippen LogP contribution in [-0.4, -0.2) is 17.4 Å². The van der Waals surface area contributed by atoms with Crippen LogP contribution >= 0.6 is 0 Å². The van der Waals surface area contributed by atoms with Crippen LogP contribution in [0.4, 0.5) is 11.4 Å². The van der Waals surface area contributed by atoms with E-state index in [9.17, 15) is 4.79 Å². The summed E-state index contributed by atoms with van der Waals surface area (Å²) in [6.07, 6.45) is 1.65. The third kappa shape index (κ3) is 4.58. The fourth-order valence-electron chi connectivity index (χ4n) is 2.23. The highest BCUT2D eigenvalue weighted by Crippen LogP contribution is 2.15. The molecule has 1 amide bonds. The van der Waals surface area contributed by atoms with E-state index in [-0.39, 0.29) is 5.91 Å². The number of carbonyl (C=O) groups is 1. The third-order valence-electron chi connectivity index (χ3n) is 3.19. The largest absolute Gasteiger partial charge is 0.385 e. The molecule has 1 heterocycles. The molecule has 0 aliphatic heterocycles. The van der Waals surface area contributed by atoms with Crippen molar-refractivity contribution in [2.24, 2.45) is 5.92 Å². The van der Waals surface area contributed by atoms with E-state index < -0.39 is 0 Å². The van der Waals surface area contributed by atoms with Gasteiger partial charge in [0.15, 0.2) is 0 Å². The molecule has 1 aromatic heterocycles. The number of anilines is 2. The second-order valence-electron chi connectivity index (χ2n) is 6.04. The summed E-state index contributed by atoms with van der Waals surface area (Å²) in [5.74, 6) is 0.346. The van der Waals surface area contributed by atoms with Crippen LogP contribution in [-0.2, 0) is 0 Å². The lowest BCUT2D eigenvalue weighted by atomic mass is 10.1. The molecule has 0 aliphatic rings. The number of aryl methyl sites for hydroxylation is 2. The van der Waals surface area contributed by atoms with E-state index in [1.807, 2.05) is 32.0 Å². The van der Waals surface area contributed by atoms with Crippen LogP contribution in [0.2, 0.25) is 0 Å². The van der Waals surface area contributed by atoms with Crippen LogP contribution in [0.5, 0.6) is 0 Å². The zero-order chi connectivity index (χ0) is 16.1. The fourth-order valence-corrected chi connectivity index (χ4v) is 2.23. The summed E-state index contributed by atoms with van der Waals surface area (Å²) in [5.41, 5.74) is 4.36. The smallest absolute Gasteiger partial charge is 0.274 e. The lowest BCUT2D eigenvalue weighted by Crippen LogP contribution is -2.15. The van der Waals surface area contributed by atoms with Gasteiger partial charge in [-0.25, -0.2) is 0 Å². The van der Waals surface area contributed by atoms with E-state index in [0.717, 1.165) is 29.0 Å². The Morgan fingerprint density at radius 2 is 1.77 bits per heavy atom. The normalized spacial score (nSPS) is 10.6. The highest BCUT2D eigenvalue weighted by molar-refractivity contribution is 6.03. The quantitative estimate of drug-likeness (QED) is 0.876. The third-order valence-corrected chi connectivity index (χ3v) is 3.19. The number of nitrogens with one attached hydrogen (secondary N) is 2. The van der Waals surface area contributed by atoms with Crippen molar-refractivity contribution in [3.63, 3.8) is 0 Å². The Morgan fingerprint density at radius 1 is 1.09 bits per heavy atom. The zero-order valence-corrected chi connectivity index (χ0v) is 13.6. The molecule has 22 heavy (non-hydrogen) atoms. The second kappa shape index (κ2) is 7.07. The lowest BCUT2D eigenvalue weighted by Gasteiger charge is -2.10. The van der Waals surface area contributed by atoms with Crippen LogP contribution in [0.15, 0.2) is 36.5 Å². The second-order valence-corrected chi connectivity index (χ2v) is 6.04. The van der Waals surface area contributed by atoms with Crippen molar-refractivity contribution >= 4 is 17.3 Å². The van der Waals surface area contributed by atoms with Crippen molar-refractivity contribution in [1.82, 2.24) is 4.98 Å². The Bertz CT molecular complexity index is 645. The van der Waals surface area contributed by atoms with Crippen LogP contribution in [0.3, 0.4) is 0 Å². The summed E-state index contributed by atoms with van der Waals surface area (Å²) in [5, 5.41) is 6.20. The minimum Gasteiger partial charge on any atom is -0.385 e. The number of amides is 1. The standard InChI is InChI=1S/C18H23N3O/c1-12(2)11-20-15-5-6-19-17(10-15)18(22)21-16-8-13(3)7-14(4)9-16/h5-10,12H,11H2,1-4H3,(H,19,20)(H,21,22). The number of pyridine rings is 1. The molecule has 0 radical (unpaired) electrons. The summed E-state index contributed by atoms with van der Waals surface area (Å²) in [4.78, 5) is 16.5. The first kappa shape index (κ1) is 16.0. The molecular formula is C18H23N3O. The minimum atomic E-state index is -0.196. The molecule has 0 saturated heterocycles. The maximum atomic E-state index is 12.3. The lowest BCUT2D eigenvalue weighted by molar-refractivity contribution is 0.102. The van der Waals surface area contributed by atoms with Crippen molar-refractivity contribution in [3.8, 4) is 0 Å².